The number of halogens is 9. The molecule has 0 aliphatic heterocycles. The first-order chi connectivity index (χ1) is 18.7. The molecule has 40 heavy (non-hydrogen) atoms. The molecule has 210 valence electrons. The maximum atomic E-state index is 14.7. The number of anilines is 3. The molecule has 0 radical (unpaired) electrons. The first-order valence-corrected chi connectivity index (χ1v) is 13.3. The molecule has 2 atom stereocenters. The monoisotopic (exact) mass is 699 g/mol. The molecule has 15 heteroatoms. The average molecular weight is 702 g/mol. The van der Waals surface area contributed by atoms with Gasteiger partial charge in [0.25, 0.3) is 11.8 Å². The van der Waals surface area contributed by atoms with Gasteiger partial charge in [0.2, 0.25) is 5.91 Å². The van der Waals surface area contributed by atoms with Gasteiger partial charge in [0, 0.05) is 21.1 Å². The van der Waals surface area contributed by atoms with E-state index in [1.807, 2.05) is 0 Å². The predicted octanol–water partition coefficient (Wildman–Crippen LogP) is 8.02. The van der Waals surface area contributed by atoms with Crippen LogP contribution in [0, 0.1) is 17.6 Å². The van der Waals surface area contributed by atoms with Gasteiger partial charge in [-0.2, -0.15) is 8.78 Å². The van der Waals surface area contributed by atoms with Gasteiger partial charge < -0.3 is 16.0 Å². The van der Waals surface area contributed by atoms with Crippen LogP contribution in [0.4, 0.5) is 34.6 Å². The molecule has 3 aromatic carbocycles. The van der Waals surface area contributed by atoms with Gasteiger partial charge in [-0.3, -0.25) is 14.4 Å². The lowest BCUT2D eigenvalue weighted by Crippen LogP contribution is -2.22. The van der Waals surface area contributed by atoms with Crippen LogP contribution in [0.2, 0.25) is 10.0 Å². The molecule has 1 fully saturated rings. The van der Waals surface area contributed by atoms with Crippen molar-refractivity contribution in [2.45, 2.75) is 16.7 Å². The largest absolute Gasteiger partial charge is 0.326 e. The van der Waals surface area contributed by atoms with E-state index in [4.69, 9.17) is 46.4 Å². The summed E-state index contributed by atoms with van der Waals surface area (Å²) in [6.07, 6.45) is -3.53. The number of hydrogen-bond acceptors (Lipinski definition) is 3. The Balaban J connectivity index is 1.52. The highest BCUT2D eigenvalue weighted by atomic mass is 79.9. The second kappa shape index (κ2) is 11.7. The molecule has 3 N–H and O–H groups in total. The maximum absolute atomic E-state index is 14.7. The first kappa shape index (κ1) is 30.4. The number of nitrogens with one attached hydrogen (secondary N) is 3. The smallest absolute Gasteiger partial charge is 0.315 e. The molecule has 0 heterocycles. The van der Waals surface area contributed by atoms with Gasteiger partial charge in [-0.05, 0) is 54.1 Å². The van der Waals surface area contributed by atoms with Crippen LogP contribution in [-0.2, 0) is 9.59 Å². The molecule has 1 saturated carbocycles. The highest BCUT2D eigenvalue weighted by Gasteiger charge is 2.67. The van der Waals surface area contributed by atoms with Gasteiger partial charge in [0.1, 0.15) is 15.8 Å². The minimum absolute atomic E-state index is 0.0960. The summed E-state index contributed by atoms with van der Waals surface area (Å²) in [7, 11) is 0. The minimum atomic E-state index is -3.53. The van der Waals surface area contributed by atoms with Crippen LogP contribution < -0.4 is 16.0 Å². The van der Waals surface area contributed by atoms with E-state index in [9.17, 15) is 31.9 Å². The second-order valence-corrected chi connectivity index (χ2v) is 11.7. The zero-order chi connectivity index (χ0) is 29.5. The summed E-state index contributed by atoms with van der Waals surface area (Å²) < 4.78 is 53.0. The molecule has 0 saturated heterocycles. The van der Waals surface area contributed by atoms with Crippen molar-refractivity contribution in [3.63, 3.8) is 0 Å². The molecule has 3 aromatic rings. The summed E-state index contributed by atoms with van der Waals surface area (Å²) in [6, 6.07) is 10.4. The third kappa shape index (κ3) is 6.33. The van der Waals surface area contributed by atoms with E-state index in [0.29, 0.717) is 21.1 Å². The zero-order valence-electron chi connectivity index (χ0n) is 19.5. The van der Waals surface area contributed by atoms with Crippen LogP contribution in [0.1, 0.15) is 21.8 Å². The van der Waals surface area contributed by atoms with Crippen molar-refractivity contribution in [1.29, 1.82) is 0 Å². The van der Waals surface area contributed by atoms with Crippen LogP contribution in [0.15, 0.2) is 53.0 Å². The molecule has 1 aliphatic carbocycles. The van der Waals surface area contributed by atoms with Crippen molar-refractivity contribution >= 4 is 97.1 Å². The lowest BCUT2D eigenvalue weighted by Gasteiger charge is -2.13. The first-order valence-electron chi connectivity index (χ1n) is 11.0. The van der Waals surface area contributed by atoms with Crippen molar-refractivity contribution in [1.82, 2.24) is 0 Å². The molecule has 3 amide bonds. The fourth-order valence-electron chi connectivity index (χ4n) is 3.95. The summed E-state index contributed by atoms with van der Waals surface area (Å²) in [4.78, 5) is 37.1. The Labute approximate surface area is 252 Å². The van der Waals surface area contributed by atoms with Gasteiger partial charge in [0.15, 0.2) is 5.82 Å². The Morgan fingerprint density at radius 1 is 0.925 bits per heavy atom. The SMILES string of the molecule is O=C(Nc1ccc(F)c(NC(=O)C(F)F)c1F)c1cc(NC(=O)[C@H]2[C@H](c3cc(Cl)cc(Br)c3)C2(Cl)Cl)ccc1Cl. The Kier molecular flexibility index (Phi) is 8.91. The van der Waals surface area contributed by atoms with Crippen LogP contribution in [0.5, 0.6) is 0 Å². The fourth-order valence-corrected chi connectivity index (χ4v) is 5.87. The summed E-state index contributed by atoms with van der Waals surface area (Å²) in [5.41, 5.74) is -1.29. The van der Waals surface area contributed by atoms with Gasteiger partial charge in [0.05, 0.1) is 22.2 Å². The molecule has 0 bridgehead atoms. The minimum Gasteiger partial charge on any atom is -0.326 e. The summed E-state index contributed by atoms with van der Waals surface area (Å²) in [6.45, 7) is 0. The number of alkyl halides is 4. The third-order valence-corrected chi connectivity index (χ3v) is 7.79. The van der Waals surface area contributed by atoms with Crippen LogP contribution in [0.25, 0.3) is 0 Å². The number of carbonyl (C=O) groups excluding carboxylic acids is 3. The van der Waals surface area contributed by atoms with Gasteiger partial charge >= 0.3 is 6.43 Å². The number of rotatable bonds is 7. The molecule has 0 unspecified atom stereocenters. The topological polar surface area (TPSA) is 87.3 Å². The highest BCUT2D eigenvalue weighted by Crippen LogP contribution is 2.65. The Morgan fingerprint density at radius 2 is 1.62 bits per heavy atom. The van der Waals surface area contributed by atoms with Crippen molar-refractivity contribution in [2.75, 3.05) is 16.0 Å². The van der Waals surface area contributed by atoms with Gasteiger partial charge in [-0.15, -0.1) is 23.2 Å². The van der Waals surface area contributed by atoms with Crippen molar-refractivity contribution in [3.8, 4) is 0 Å². The van der Waals surface area contributed by atoms with E-state index in [-0.39, 0.29) is 16.3 Å². The highest BCUT2D eigenvalue weighted by molar-refractivity contribution is 9.10. The van der Waals surface area contributed by atoms with E-state index >= 15 is 0 Å². The Bertz CT molecular complexity index is 1520. The molecule has 1 aliphatic rings. The quantitative estimate of drug-likeness (QED) is 0.172. The average Bonchev–Trinajstić information content (AvgIpc) is 3.45. The van der Waals surface area contributed by atoms with Crippen molar-refractivity contribution in [2.24, 2.45) is 5.92 Å². The van der Waals surface area contributed by atoms with Gasteiger partial charge in [-0.1, -0.05) is 39.1 Å². The normalized spacial score (nSPS) is 17.4. The molecule has 0 aromatic heterocycles. The molecular weight excluding hydrogens is 688 g/mol. The molecule has 4 rings (SSSR count). The standard InChI is InChI=1S/C25H14BrCl4F4N3O3/c26-10-5-9(6-11(27)7-10)17-18(25(17,29)30)23(39)35-12-1-2-14(28)13(8-12)22(38)36-16-4-3-15(31)20(19(16)32)37-24(40)21(33)34/h1-8,17-18,21H,(H,35,39)(H,36,38)(H,37,40)/t17-,18+/m0/s1. The lowest BCUT2D eigenvalue weighted by molar-refractivity contribution is -0.126. The van der Waals surface area contributed by atoms with E-state index < -0.39 is 63.3 Å². The number of carbonyl (C=O) groups is 3. The molecular formula is C25H14BrCl4F4N3O3. The fraction of sp³-hybridized carbons (Fsp3) is 0.160. The van der Waals surface area contributed by atoms with E-state index in [1.165, 1.54) is 23.5 Å². The van der Waals surface area contributed by atoms with Crippen LogP contribution in [0.3, 0.4) is 0 Å². The van der Waals surface area contributed by atoms with Crippen LogP contribution >= 0.6 is 62.3 Å². The summed E-state index contributed by atoms with van der Waals surface area (Å²) in [5, 5.41) is 6.47. The second-order valence-electron chi connectivity index (χ2n) is 8.54. The predicted molar refractivity (Wildman–Crippen MR) is 149 cm³/mol. The van der Waals surface area contributed by atoms with Crippen molar-refractivity contribution < 1.29 is 31.9 Å². The lowest BCUT2D eigenvalue weighted by atomic mass is 10.1. The van der Waals surface area contributed by atoms with Crippen LogP contribution in [-0.4, -0.2) is 28.5 Å². The van der Waals surface area contributed by atoms with Crippen molar-refractivity contribution in [3.05, 3.63) is 85.8 Å². The maximum Gasteiger partial charge on any atom is 0.315 e. The number of benzene rings is 3. The number of amides is 3. The van der Waals surface area contributed by atoms with E-state index in [1.54, 1.807) is 18.2 Å². The van der Waals surface area contributed by atoms with Gasteiger partial charge in [-0.25, -0.2) is 8.78 Å². The molecule has 6 nitrogen and oxygen atoms in total. The third-order valence-electron chi connectivity index (χ3n) is 5.84. The summed E-state index contributed by atoms with van der Waals surface area (Å²) in [5.74, 6) is -7.79. The number of hydrogen-bond donors (Lipinski definition) is 3. The Hall–Kier alpha value is -2.57. The Morgan fingerprint density at radius 3 is 2.27 bits per heavy atom. The van der Waals surface area contributed by atoms with E-state index in [2.05, 4.69) is 26.6 Å². The molecule has 0 spiro atoms. The van der Waals surface area contributed by atoms with E-state index in [0.717, 1.165) is 6.07 Å². The zero-order valence-corrected chi connectivity index (χ0v) is 24.1. The summed E-state index contributed by atoms with van der Waals surface area (Å²) >= 11 is 28.3.